The fourth-order valence-electron chi connectivity index (χ4n) is 1.50. The second-order valence-corrected chi connectivity index (χ2v) is 3.29. The molecule has 1 aromatic carbocycles. The average molecular weight is 196 g/mol. The van der Waals surface area contributed by atoms with Gasteiger partial charge < -0.3 is 5.32 Å². The molecule has 1 saturated heterocycles. The van der Waals surface area contributed by atoms with Crippen LogP contribution in [0.1, 0.15) is 11.5 Å². The molecule has 1 fully saturated rings. The Morgan fingerprint density at radius 2 is 2.21 bits per heavy atom. The Bertz CT molecular complexity index is 377. The topological polar surface area (TPSA) is 55.2 Å². The van der Waals surface area contributed by atoms with Gasteiger partial charge in [-0.25, -0.2) is 0 Å². The zero-order valence-corrected chi connectivity index (χ0v) is 7.37. The Labute approximate surface area is 79.9 Å². The van der Waals surface area contributed by atoms with Gasteiger partial charge in [-0.3, -0.25) is 10.1 Å². The van der Waals surface area contributed by atoms with Gasteiger partial charge >= 0.3 is 5.69 Å². The van der Waals surface area contributed by atoms with Gasteiger partial charge in [0, 0.05) is 30.6 Å². The minimum atomic E-state index is -0.691. The molecular formula is C9H9FN2O2. The SMILES string of the molecule is O=[N+]([O-])c1cccc(C2CNC2)c1F. The predicted octanol–water partition coefficient (Wildman–Crippen LogP) is 1.42. The summed E-state index contributed by atoms with van der Waals surface area (Å²) >= 11 is 0. The molecule has 1 N–H and O–H groups in total. The van der Waals surface area contributed by atoms with Crippen molar-refractivity contribution in [2.24, 2.45) is 0 Å². The summed E-state index contributed by atoms with van der Waals surface area (Å²) in [6.45, 7) is 1.39. The van der Waals surface area contributed by atoms with Crippen molar-refractivity contribution in [1.82, 2.24) is 5.32 Å². The van der Waals surface area contributed by atoms with Crippen LogP contribution < -0.4 is 5.32 Å². The van der Waals surface area contributed by atoms with Crippen LogP contribution in [0.5, 0.6) is 0 Å². The largest absolute Gasteiger partial charge is 0.315 e. The Morgan fingerprint density at radius 3 is 2.71 bits per heavy atom. The molecule has 0 spiro atoms. The van der Waals surface area contributed by atoms with Crippen molar-refractivity contribution in [2.45, 2.75) is 5.92 Å². The van der Waals surface area contributed by atoms with E-state index in [4.69, 9.17) is 0 Å². The van der Waals surface area contributed by atoms with Gasteiger partial charge in [0.25, 0.3) is 0 Å². The molecule has 0 bridgehead atoms. The van der Waals surface area contributed by atoms with Gasteiger partial charge in [0.05, 0.1) is 4.92 Å². The predicted molar refractivity (Wildman–Crippen MR) is 48.7 cm³/mol. The molecule has 14 heavy (non-hydrogen) atoms. The van der Waals surface area contributed by atoms with Gasteiger partial charge in [-0.2, -0.15) is 4.39 Å². The first-order valence-corrected chi connectivity index (χ1v) is 4.33. The first kappa shape index (κ1) is 9.08. The lowest BCUT2D eigenvalue weighted by Gasteiger charge is -2.27. The van der Waals surface area contributed by atoms with Crippen molar-refractivity contribution in [3.05, 3.63) is 39.7 Å². The highest BCUT2D eigenvalue weighted by molar-refractivity contribution is 5.39. The normalized spacial score (nSPS) is 16.4. The van der Waals surface area contributed by atoms with Gasteiger partial charge in [-0.05, 0) is 0 Å². The third-order valence-corrected chi connectivity index (χ3v) is 2.43. The van der Waals surface area contributed by atoms with Crippen LogP contribution in [0.2, 0.25) is 0 Å². The maximum absolute atomic E-state index is 13.5. The van der Waals surface area contributed by atoms with E-state index in [9.17, 15) is 14.5 Å². The van der Waals surface area contributed by atoms with E-state index in [2.05, 4.69) is 5.32 Å². The van der Waals surface area contributed by atoms with Gasteiger partial charge in [0.1, 0.15) is 0 Å². The number of nitro groups is 1. The number of halogens is 1. The zero-order chi connectivity index (χ0) is 10.1. The molecule has 0 aromatic heterocycles. The molecule has 74 valence electrons. The van der Waals surface area contributed by atoms with E-state index in [1.165, 1.54) is 12.1 Å². The number of hydrogen-bond acceptors (Lipinski definition) is 3. The third kappa shape index (κ3) is 1.35. The molecule has 4 nitrogen and oxygen atoms in total. The van der Waals surface area contributed by atoms with Crippen LogP contribution in [0.4, 0.5) is 10.1 Å². The summed E-state index contributed by atoms with van der Waals surface area (Å²) in [5, 5.41) is 13.5. The molecule has 2 rings (SSSR count). The highest BCUT2D eigenvalue weighted by atomic mass is 19.1. The molecule has 1 heterocycles. The molecule has 0 atom stereocenters. The Kier molecular flexibility index (Phi) is 2.17. The van der Waals surface area contributed by atoms with Crippen molar-refractivity contribution in [3.8, 4) is 0 Å². The van der Waals surface area contributed by atoms with Crippen molar-refractivity contribution in [3.63, 3.8) is 0 Å². The number of nitro benzene ring substituents is 1. The van der Waals surface area contributed by atoms with Crippen molar-refractivity contribution in [1.29, 1.82) is 0 Å². The molecular weight excluding hydrogens is 187 g/mol. The van der Waals surface area contributed by atoms with E-state index in [1.807, 2.05) is 0 Å². The summed E-state index contributed by atoms with van der Waals surface area (Å²) in [7, 11) is 0. The zero-order valence-electron chi connectivity index (χ0n) is 7.37. The van der Waals surface area contributed by atoms with Gasteiger partial charge in [0.15, 0.2) is 0 Å². The van der Waals surface area contributed by atoms with Crippen LogP contribution in [0, 0.1) is 15.9 Å². The molecule has 1 aromatic rings. The molecule has 1 aliphatic heterocycles. The highest BCUT2D eigenvalue weighted by Gasteiger charge is 2.26. The number of nitrogens with one attached hydrogen (secondary N) is 1. The monoisotopic (exact) mass is 196 g/mol. The third-order valence-electron chi connectivity index (χ3n) is 2.43. The lowest BCUT2D eigenvalue weighted by Crippen LogP contribution is -2.40. The second-order valence-electron chi connectivity index (χ2n) is 3.29. The van der Waals surface area contributed by atoms with Crippen LogP contribution in [-0.4, -0.2) is 18.0 Å². The number of nitrogens with zero attached hydrogens (tertiary/aromatic N) is 1. The van der Waals surface area contributed by atoms with E-state index in [0.29, 0.717) is 18.7 Å². The van der Waals surface area contributed by atoms with E-state index in [-0.39, 0.29) is 5.92 Å². The van der Waals surface area contributed by atoms with Crippen LogP contribution >= 0.6 is 0 Å². The number of hydrogen-bond donors (Lipinski definition) is 1. The van der Waals surface area contributed by atoms with Gasteiger partial charge in [-0.1, -0.05) is 12.1 Å². The van der Waals surface area contributed by atoms with Crippen LogP contribution in [0.25, 0.3) is 0 Å². The lowest BCUT2D eigenvalue weighted by molar-refractivity contribution is -0.387. The molecule has 1 aliphatic rings. The fourth-order valence-corrected chi connectivity index (χ4v) is 1.50. The molecule has 0 radical (unpaired) electrons. The van der Waals surface area contributed by atoms with E-state index < -0.39 is 16.4 Å². The average Bonchev–Trinajstić information content (AvgIpc) is 2.04. The van der Waals surface area contributed by atoms with Crippen LogP contribution in [0.15, 0.2) is 18.2 Å². The first-order chi connectivity index (χ1) is 6.70. The quantitative estimate of drug-likeness (QED) is 0.575. The van der Waals surface area contributed by atoms with Crippen LogP contribution in [0.3, 0.4) is 0 Å². The molecule has 0 saturated carbocycles. The van der Waals surface area contributed by atoms with Gasteiger partial charge in [-0.15, -0.1) is 0 Å². The standard InChI is InChI=1S/C9H9FN2O2/c10-9-7(6-4-11-5-6)2-1-3-8(9)12(13)14/h1-3,6,11H,4-5H2. The maximum atomic E-state index is 13.5. The summed E-state index contributed by atoms with van der Waals surface area (Å²) in [5.41, 5.74) is 0.00681. The minimum Gasteiger partial charge on any atom is -0.315 e. The van der Waals surface area contributed by atoms with E-state index in [1.54, 1.807) is 6.07 Å². The molecule has 0 amide bonds. The van der Waals surface area contributed by atoms with Crippen molar-refractivity contribution < 1.29 is 9.31 Å². The summed E-state index contributed by atoms with van der Waals surface area (Å²) < 4.78 is 13.5. The molecule has 5 heteroatoms. The Balaban J connectivity index is 2.40. The molecule has 0 aliphatic carbocycles. The van der Waals surface area contributed by atoms with Crippen molar-refractivity contribution in [2.75, 3.05) is 13.1 Å². The van der Waals surface area contributed by atoms with Gasteiger partial charge in [0.2, 0.25) is 5.82 Å². The Morgan fingerprint density at radius 1 is 1.50 bits per heavy atom. The summed E-state index contributed by atoms with van der Waals surface area (Å²) in [6.07, 6.45) is 0. The summed E-state index contributed by atoms with van der Waals surface area (Å²) in [6, 6.07) is 4.31. The highest BCUT2D eigenvalue weighted by Crippen LogP contribution is 2.28. The summed E-state index contributed by atoms with van der Waals surface area (Å²) in [4.78, 5) is 9.76. The van der Waals surface area contributed by atoms with E-state index in [0.717, 1.165) is 0 Å². The van der Waals surface area contributed by atoms with E-state index >= 15 is 0 Å². The minimum absolute atomic E-state index is 0.0786. The lowest BCUT2D eigenvalue weighted by atomic mass is 9.93. The fraction of sp³-hybridized carbons (Fsp3) is 0.333. The van der Waals surface area contributed by atoms with Crippen LogP contribution in [-0.2, 0) is 0 Å². The number of rotatable bonds is 2. The maximum Gasteiger partial charge on any atom is 0.305 e. The smallest absolute Gasteiger partial charge is 0.305 e. The summed E-state index contributed by atoms with van der Waals surface area (Å²) in [5.74, 6) is -0.612. The van der Waals surface area contributed by atoms with Crippen molar-refractivity contribution >= 4 is 5.69 Å². The Hall–Kier alpha value is -1.49. The second kappa shape index (κ2) is 3.34. The number of benzene rings is 1. The molecule has 0 unspecified atom stereocenters. The first-order valence-electron chi connectivity index (χ1n) is 4.33.